The Morgan fingerprint density at radius 3 is 0.889 bits per heavy atom. The predicted molar refractivity (Wildman–Crippen MR) is 227 cm³/mol. The SMILES string of the molecule is c1ccc(-c2nc(N(c3ccc4ccccc4c3)c3ccc4ccccc4c3)cc(N(c3ccc4ccccc4c3)c3ccc4ccccc4c3)n2)cc1. The van der Waals surface area contributed by atoms with Crippen LogP contribution in [0.25, 0.3) is 54.5 Å². The second kappa shape index (κ2) is 13.4. The van der Waals surface area contributed by atoms with Gasteiger partial charge < -0.3 is 0 Å². The topological polar surface area (TPSA) is 32.3 Å². The predicted octanol–water partition coefficient (Wildman–Crippen LogP) is 13.7. The maximum absolute atomic E-state index is 5.37. The average Bonchev–Trinajstić information content (AvgIpc) is 3.24. The van der Waals surface area contributed by atoms with Crippen LogP contribution < -0.4 is 9.80 Å². The highest BCUT2D eigenvalue weighted by Gasteiger charge is 2.22. The Kier molecular flexibility index (Phi) is 7.77. The zero-order valence-corrected chi connectivity index (χ0v) is 29.4. The lowest BCUT2D eigenvalue weighted by Crippen LogP contribution is -2.16. The smallest absolute Gasteiger partial charge is 0.163 e. The molecule has 4 heteroatoms. The van der Waals surface area contributed by atoms with Gasteiger partial charge in [0.2, 0.25) is 0 Å². The summed E-state index contributed by atoms with van der Waals surface area (Å²) in [7, 11) is 0. The average molecular weight is 691 g/mol. The molecule has 0 atom stereocenters. The van der Waals surface area contributed by atoms with Gasteiger partial charge in [0.25, 0.3) is 0 Å². The van der Waals surface area contributed by atoms with Crippen LogP contribution >= 0.6 is 0 Å². The summed E-state index contributed by atoms with van der Waals surface area (Å²) in [6.45, 7) is 0. The van der Waals surface area contributed by atoms with Crippen molar-refractivity contribution in [2.24, 2.45) is 0 Å². The summed E-state index contributed by atoms with van der Waals surface area (Å²) in [5.74, 6) is 2.16. The van der Waals surface area contributed by atoms with Gasteiger partial charge in [-0.2, -0.15) is 0 Å². The van der Waals surface area contributed by atoms with Gasteiger partial charge in [0.1, 0.15) is 11.6 Å². The van der Waals surface area contributed by atoms with Crippen LogP contribution in [0.5, 0.6) is 0 Å². The number of anilines is 6. The van der Waals surface area contributed by atoms with Gasteiger partial charge in [-0.3, -0.25) is 9.80 Å². The fraction of sp³-hybridized carbons (Fsp3) is 0. The highest BCUT2D eigenvalue weighted by molar-refractivity contribution is 5.95. The van der Waals surface area contributed by atoms with Crippen molar-refractivity contribution in [2.75, 3.05) is 9.80 Å². The number of fused-ring (bicyclic) bond motifs is 4. The Bertz CT molecular complexity index is 2630. The monoisotopic (exact) mass is 690 g/mol. The Labute approximate surface area is 313 Å². The van der Waals surface area contributed by atoms with E-state index in [0.29, 0.717) is 5.82 Å². The minimum atomic E-state index is 0.640. The summed E-state index contributed by atoms with van der Waals surface area (Å²) in [5.41, 5.74) is 4.98. The maximum atomic E-state index is 5.37. The third-order valence-corrected chi connectivity index (χ3v) is 10.2. The second-order valence-corrected chi connectivity index (χ2v) is 13.6. The number of nitrogens with zero attached hydrogens (tertiary/aromatic N) is 4. The first-order valence-electron chi connectivity index (χ1n) is 18.2. The molecule has 0 saturated heterocycles. The second-order valence-electron chi connectivity index (χ2n) is 13.6. The normalized spacial score (nSPS) is 11.3. The molecule has 0 aliphatic rings. The summed E-state index contributed by atoms with van der Waals surface area (Å²) >= 11 is 0. The molecule has 0 amide bonds. The first kappa shape index (κ1) is 31.4. The van der Waals surface area contributed by atoms with E-state index in [1.807, 2.05) is 18.2 Å². The van der Waals surface area contributed by atoms with Crippen molar-refractivity contribution in [3.63, 3.8) is 0 Å². The number of aromatic nitrogens is 2. The van der Waals surface area contributed by atoms with Crippen molar-refractivity contribution >= 4 is 77.5 Å². The number of hydrogen-bond donors (Lipinski definition) is 0. The molecule has 0 N–H and O–H groups in total. The first-order chi connectivity index (χ1) is 26.7. The number of benzene rings is 9. The van der Waals surface area contributed by atoms with E-state index in [4.69, 9.17) is 9.97 Å². The first-order valence-corrected chi connectivity index (χ1v) is 18.2. The molecule has 4 nitrogen and oxygen atoms in total. The summed E-state index contributed by atoms with van der Waals surface area (Å²) < 4.78 is 0. The molecule has 0 bridgehead atoms. The Hall–Kier alpha value is -7.30. The van der Waals surface area contributed by atoms with Gasteiger partial charge >= 0.3 is 0 Å². The fourth-order valence-electron chi connectivity index (χ4n) is 7.46. The molecule has 9 aromatic carbocycles. The molecular formula is C50H34N4. The van der Waals surface area contributed by atoms with Crippen LogP contribution in [0.15, 0.2) is 206 Å². The highest BCUT2D eigenvalue weighted by Crippen LogP contribution is 2.42. The van der Waals surface area contributed by atoms with Crippen LogP contribution in [-0.4, -0.2) is 9.97 Å². The number of hydrogen-bond acceptors (Lipinski definition) is 4. The Morgan fingerprint density at radius 2 is 0.556 bits per heavy atom. The molecule has 1 heterocycles. The molecule has 254 valence electrons. The van der Waals surface area contributed by atoms with Gasteiger partial charge in [0.15, 0.2) is 5.82 Å². The molecule has 0 radical (unpaired) electrons. The molecule has 1 aromatic heterocycles. The molecule has 0 spiro atoms. The number of rotatable bonds is 7. The van der Waals surface area contributed by atoms with Gasteiger partial charge in [-0.05, 0) is 91.6 Å². The lowest BCUT2D eigenvalue weighted by atomic mass is 10.1. The summed E-state index contributed by atoms with van der Waals surface area (Å²) in [6.07, 6.45) is 0. The van der Waals surface area contributed by atoms with E-state index in [1.165, 1.54) is 21.5 Å². The van der Waals surface area contributed by atoms with Crippen LogP contribution in [0.2, 0.25) is 0 Å². The largest absolute Gasteiger partial charge is 0.295 e. The van der Waals surface area contributed by atoms with E-state index >= 15 is 0 Å². The van der Waals surface area contributed by atoms with E-state index in [9.17, 15) is 0 Å². The van der Waals surface area contributed by atoms with E-state index in [1.54, 1.807) is 0 Å². The molecule has 0 aliphatic heterocycles. The highest BCUT2D eigenvalue weighted by atomic mass is 15.3. The van der Waals surface area contributed by atoms with Gasteiger partial charge in [-0.1, -0.05) is 152 Å². The van der Waals surface area contributed by atoms with Crippen molar-refractivity contribution in [1.82, 2.24) is 9.97 Å². The summed E-state index contributed by atoms with van der Waals surface area (Å²) in [5, 5.41) is 9.39. The fourth-order valence-corrected chi connectivity index (χ4v) is 7.46. The van der Waals surface area contributed by atoms with E-state index in [2.05, 4.69) is 198 Å². The zero-order valence-electron chi connectivity index (χ0n) is 29.4. The zero-order chi connectivity index (χ0) is 35.8. The van der Waals surface area contributed by atoms with E-state index < -0.39 is 0 Å². The molecular weight excluding hydrogens is 657 g/mol. The van der Waals surface area contributed by atoms with Gasteiger partial charge in [0.05, 0.1) is 0 Å². The molecule has 0 fully saturated rings. The quantitative estimate of drug-likeness (QED) is 0.167. The van der Waals surface area contributed by atoms with Gasteiger partial charge in [0, 0.05) is 34.4 Å². The molecule has 10 aromatic rings. The molecule has 10 rings (SSSR count). The maximum Gasteiger partial charge on any atom is 0.163 e. The van der Waals surface area contributed by atoms with Crippen molar-refractivity contribution in [3.8, 4) is 11.4 Å². The van der Waals surface area contributed by atoms with Crippen LogP contribution in [0.1, 0.15) is 0 Å². The van der Waals surface area contributed by atoms with Crippen LogP contribution in [0, 0.1) is 0 Å². The van der Waals surface area contributed by atoms with Crippen molar-refractivity contribution < 1.29 is 0 Å². The third-order valence-electron chi connectivity index (χ3n) is 10.2. The molecule has 0 aliphatic carbocycles. The van der Waals surface area contributed by atoms with Crippen molar-refractivity contribution in [1.29, 1.82) is 0 Å². The lowest BCUT2D eigenvalue weighted by molar-refractivity contribution is 1.09. The van der Waals surface area contributed by atoms with Gasteiger partial charge in [-0.15, -0.1) is 0 Å². The summed E-state index contributed by atoms with van der Waals surface area (Å²) in [4.78, 5) is 15.3. The van der Waals surface area contributed by atoms with Crippen LogP contribution in [0.3, 0.4) is 0 Å². The van der Waals surface area contributed by atoms with Gasteiger partial charge in [-0.25, -0.2) is 9.97 Å². The standard InChI is InChI=1S/C50H34N4/c1-2-16-39(17-3-1)50-51-48(53(44-26-22-35-12-4-8-18-40(35)30-44)45-27-23-36-13-5-9-19-41(36)31-45)34-49(52-50)54(46-28-24-37-14-6-10-20-42(37)32-46)47-29-25-38-15-7-11-21-43(38)33-47/h1-34H. The lowest BCUT2D eigenvalue weighted by Gasteiger charge is -2.29. The van der Waals surface area contributed by atoms with Crippen molar-refractivity contribution in [3.05, 3.63) is 206 Å². The molecule has 54 heavy (non-hydrogen) atoms. The van der Waals surface area contributed by atoms with Crippen LogP contribution in [0.4, 0.5) is 34.4 Å². The van der Waals surface area contributed by atoms with Crippen molar-refractivity contribution in [2.45, 2.75) is 0 Å². The molecule has 0 unspecified atom stereocenters. The Balaban J connectivity index is 1.25. The molecule has 0 saturated carbocycles. The Morgan fingerprint density at radius 1 is 0.259 bits per heavy atom. The van der Waals surface area contributed by atoms with Crippen LogP contribution in [-0.2, 0) is 0 Å². The summed E-state index contributed by atoms with van der Waals surface area (Å²) in [6, 6.07) is 72.9. The minimum Gasteiger partial charge on any atom is -0.295 e. The van der Waals surface area contributed by atoms with E-state index in [0.717, 1.165) is 61.5 Å². The minimum absolute atomic E-state index is 0.640. The third kappa shape index (κ3) is 5.86. The van der Waals surface area contributed by atoms with E-state index in [-0.39, 0.29) is 0 Å².